The number of rotatable bonds is 5. The lowest BCUT2D eigenvalue weighted by Gasteiger charge is -2.19. The number of halogens is 4. The summed E-state index contributed by atoms with van der Waals surface area (Å²) in [5.41, 5.74) is -1.62. The third-order valence-corrected chi connectivity index (χ3v) is 3.74. The van der Waals surface area contributed by atoms with E-state index in [0.717, 1.165) is 6.07 Å². The average Bonchev–Trinajstić information content (AvgIpc) is 2.92. The first kappa shape index (κ1) is 20.2. The van der Waals surface area contributed by atoms with Crippen LogP contribution in [-0.2, 0) is 16.4 Å². The van der Waals surface area contributed by atoms with Crippen LogP contribution >= 0.6 is 11.6 Å². The standard InChI is InChI=1S/C16H18ClF3N4O2/c1-15(2,3)10-8-11(16(18,19)20)24-13(22-10)7-9(23-24)14(26)21-6-4-5-12(17)25/h7-8H,4-6H2,1-3H3,(H,21,26). The summed E-state index contributed by atoms with van der Waals surface area (Å²) in [6.45, 7) is 5.38. The van der Waals surface area contributed by atoms with Gasteiger partial charge in [-0.05, 0) is 24.1 Å². The van der Waals surface area contributed by atoms with Gasteiger partial charge in [-0.1, -0.05) is 20.8 Å². The van der Waals surface area contributed by atoms with Crippen molar-refractivity contribution in [2.75, 3.05) is 6.54 Å². The highest BCUT2D eigenvalue weighted by Crippen LogP contribution is 2.32. The first-order chi connectivity index (χ1) is 11.9. The summed E-state index contributed by atoms with van der Waals surface area (Å²) in [5.74, 6) is -0.650. The van der Waals surface area contributed by atoms with Crippen molar-refractivity contribution < 1.29 is 22.8 Å². The molecule has 142 valence electrons. The molecule has 0 aromatic carbocycles. The molecule has 0 aliphatic rings. The monoisotopic (exact) mass is 390 g/mol. The molecule has 0 bridgehead atoms. The molecule has 1 amide bonds. The molecule has 0 atom stereocenters. The molecule has 26 heavy (non-hydrogen) atoms. The van der Waals surface area contributed by atoms with Gasteiger partial charge in [0.25, 0.3) is 5.91 Å². The predicted molar refractivity (Wildman–Crippen MR) is 89.1 cm³/mol. The third kappa shape index (κ3) is 4.72. The van der Waals surface area contributed by atoms with Crippen LogP contribution in [0, 0.1) is 0 Å². The SMILES string of the molecule is CC(C)(C)c1cc(C(F)(F)F)n2nc(C(=O)NCCCC(=O)Cl)cc2n1. The third-order valence-electron chi connectivity index (χ3n) is 3.55. The van der Waals surface area contributed by atoms with Gasteiger partial charge < -0.3 is 5.32 Å². The van der Waals surface area contributed by atoms with Crippen LogP contribution < -0.4 is 5.32 Å². The fourth-order valence-corrected chi connectivity index (χ4v) is 2.33. The predicted octanol–water partition coefficient (Wildman–Crippen LogP) is 3.32. The zero-order chi connectivity index (χ0) is 19.7. The molecule has 2 aromatic heterocycles. The summed E-state index contributed by atoms with van der Waals surface area (Å²) in [4.78, 5) is 26.9. The van der Waals surface area contributed by atoms with Crippen LogP contribution in [0.5, 0.6) is 0 Å². The van der Waals surface area contributed by atoms with E-state index in [2.05, 4.69) is 15.4 Å². The van der Waals surface area contributed by atoms with Crippen LogP contribution in [0.15, 0.2) is 12.1 Å². The molecule has 2 rings (SSSR count). The summed E-state index contributed by atoms with van der Waals surface area (Å²) in [7, 11) is 0. The van der Waals surface area contributed by atoms with Crippen molar-refractivity contribution in [3.63, 3.8) is 0 Å². The van der Waals surface area contributed by atoms with E-state index >= 15 is 0 Å². The summed E-state index contributed by atoms with van der Waals surface area (Å²) in [6, 6.07) is 2.14. The van der Waals surface area contributed by atoms with E-state index in [1.807, 2.05) is 0 Å². The number of alkyl halides is 3. The van der Waals surface area contributed by atoms with Gasteiger partial charge in [-0.3, -0.25) is 9.59 Å². The van der Waals surface area contributed by atoms with E-state index < -0.39 is 28.4 Å². The van der Waals surface area contributed by atoms with E-state index in [9.17, 15) is 22.8 Å². The molecule has 0 spiro atoms. The second-order valence-corrected chi connectivity index (χ2v) is 7.21. The number of carbonyl (C=O) groups is 2. The van der Waals surface area contributed by atoms with Gasteiger partial charge in [0.05, 0.1) is 5.69 Å². The number of carbonyl (C=O) groups excluding carboxylic acids is 2. The summed E-state index contributed by atoms with van der Waals surface area (Å²) < 4.78 is 40.8. The van der Waals surface area contributed by atoms with Gasteiger partial charge in [0.1, 0.15) is 5.69 Å². The first-order valence-electron chi connectivity index (χ1n) is 7.84. The number of fused-ring (bicyclic) bond motifs is 1. The number of hydrogen-bond acceptors (Lipinski definition) is 4. The van der Waals surface area contributed by atoms with E-state index in [4.69, 9.17) is 11.6 Å². The molecular formula is C16H18ClF3N4O2. The molecule has 0 radical (unpaired) electrons. The molecule has 0 fully saturated rings. The molecular weight excluding hydrogens is 373 g/mol. The van der Waals surface area contributed by atoms with Crippen molar-refractivity contribution in [3.8, 4) is 0 Å². The maximum absolute atomic E-state index is 13.4. The van der Waals surface area contributed by atoms with Crippen LogP contribution in [0.25, 0.3) is 5.65 Å². The number of amides is 1. The molecule has 10 heteroatoms. The Labute approximate surface area is 152 Å². The fourth-order valence-electron chi connectivity index (χ4n) is 2.19. The van der Waals surface area contributed by atoms with Gasteiger partial charge in [-0.2, -0.15) is 18.3 Å². The summed E-state index contributed by atoms with van der Waals surface area (Å²) in [5, 5.41) is 5.70. The Morgan fingerprint density at radius 2 is 1.88 bits per heavy atom. The Morgan fingerprint density at radius 1 is 1.23 bits per heavy atom. The van der Waals surface area contributed by atoms with Gasteiger partial charge >= 0.3 is 6.18 Å². The second-order valence-electron chi connectivity index (χ2n) is 6.79. The number of nitrogens with zero attached hydrogens (tertiary/aromatic N) is 3. The zero-order valence-corrected chi connectivity index (χ0v) is 15.2. The van der Waals surface area contributed by atoms with Gasteiger partial charge in [0.2, 0.25) is 5.24 Å². The van der Waals surface area contributed by atoms with Crippen molar-refractivity contribution in [3.05, 3.63) is 29.2 Å². The zero-order valence-electron chi connectivity index (χ0n) is 14.4. The molecule has 2 heterocycles. The number of aromatic nitrogens is 3. The van der Waals surface area contributed by atoms with E-state index in [0.29, 0.717) is 10.9 Å². The van der Waals surface area contributed by atoms with Gasteiger partial charge in [-0.15, -0.1) is 0 Å². The summed E-state index contributed by atoms with van der Waals surface area (Å²) in [6.07, 6.45) is -4.24. The highest BCUT2D eigenvalue weighted by Gasteiger charge is 2.36. The average molecular weight is 391 g/mol. The van der Waals surface area contributed by atoms with Crippen molar-refractivity contribution in [2.45, 2.75) is 45.2 Å². The Bertz CT molecular complexity index is 840. The van der Waals surface area contributed by atoms with Crippen molar-refractivity contribution >= 4 is 28.4 Å². The van der Waals surface area contributed by atoms with Crippen LogP contribution in [0.1, 0.15) is 55.5 Å². The van der Waals surface area contributed by atoms with Crippen LogP contribution in [0.4, 0.5) is 13.2 Å². The number of hydrogen-bond donors (Lipinski definition) is 1. The van der Waals surface area contributed by atoms with Gasteiger partial charge in [0, 0.05) is 24.4 Å². The van der Waals surface area contributed by atoms with Crippen LogP contribution in [0.2, 0.25) is 0 Å². The van der Waals surface area contributed by atoms with Crippen molar-refractivity contribution in [2.24, 2.45) is 0 Å². The molecule has 2 aromatic rings. The number of nitrogens with one attached hydrogen (secondary N) is 1. The Hall–Kier alpha value is -2.16. The fraction of sp³-hybridized carbons (Fsp3) is 0.500. The smallest absolute Gasteiger partial charge is 0.351 e. The lowest BCUT2D eigenvalue weighted by atomic mass is 9.91. The maximum Gasteiger partial charge on any atom is 0.433 e. The van der Waals surface area contributed by atoms with Crippen molar-refractivity contribution in [1.82, 2.24) is 19.9 Å². The second kappa shape index (κ2) is 7.22. The molecule has 0 aliphatic heterocycles. The van der Waals surface area contributed by atoms with Crippen molar-refractivity contribution in [1.29, 1.82) is 0 Å². The van der Waals surface area contributed by atoms with E-state index in [1.165, 1.54) is 6.07 Å². The maximum atomic E-state index is 13.4. The highest BCUT2D eigenvalue weighted by atomic mass is 35.5. The van der Waals surface area contributed by atoms with Crippen LogP contribution in [0.3, 0.4) is 0 Å². The van der Waals surface area contributed by atoms with Gasteiger partial charge in [-0.25, -0.2) is 9.50 Å². The van der Waals surface area contributed by atoms with Gasteiger partial charge in [0.15, 0.2) is 11.3 Å². The van der Waals surface area contributed by atoms with Crippen LogP contribution in [-0.4, -0.2) is 32.3 Å². The molecule has 6 nitrogen and oxygen atoms in total. The molecule has 1 N–H and O–H groups in total. The normalized spacial score (nSPS) is 12.4. The molecule has 0 aliphatic carbocycles. The largest absolute Gasteiger partial charge is 0.433 e. The Balaban J connectivity index is 2.37. The quantitative estimate of drug-likeness (QED) is 0.627. The molecule has 0 saturated carbocycles. The Morgan fingerprint density at radius 3 is 2.42 bits per heavy atom. The van der Waals surface area contributed by atoms with E-state index in [-0.39, 0.29) is 30.0 Å². The first-order valence-corrected chi connectivity index (χ1v) is 8.22. The minimum Gasteiger partial charge on any atom is -0.351 e. The summed E-state index contributed by atoms with van der Waals surface area (Å²) >= 11 is 5.19. The minimum absolute atomic E-state index is 0.0640. The highest BCUT2D eigenvalue weighted by molar-refractivity contribution is 6.63. The topological polar surface area (TPSA) is 76.4 Å². The molecule has 0 saturated heterocycles. The minimum atomic E-state index is -4.65. The van der Waals surface area contributed by atoms with E-state index in [1.54, 1.807) is 20.8 Å². The molecule has 0 unspecified atom stereocenters. The lowest BCUT2D eigenvalue weighted by molar-refractivity contribution is -0.142. The lowest BCUT2D eigenvalue weighted by Crippen LogP contribution is -2.25. The Kier molecular flexibility index (Phi) is 5.60.